The molecular weight excluding hydrogens is 262 g/mol. The van der Waals surface area contributed by atoms with Crippen LogP contribution in [0.4, 0.5) is 5.82 Å². The maximum absolute atomic E-state index is 12.2. The molecule has 1 aliphatic rings. The molecule has 1 aromatic heterocycles. The van der Waals surface area contributed by atoms with Gasteiger partial charge in [0.15, 0.2) is 23.6 Å². The Morgan fingerprint density at radius 3 is 2.65 bits per heavy atom. The van der Waals surface area contributed by atoms with Crippen LogP contribution in [0.15, 0.2) is 15.9 Å². The number of methoxy groups -OCH3 is 1. The molecule has 1 atom stereocenters. The number of hydrogen-bond donors (Lipinski definition) is 1. The summed E-state index contributed by atoms with van der Waals surface area (Å²) in [6, 6.07) is 1.97. The number of carbonyl (C=O) groups is 1. The lowest BCUT2D eigenvalue weighted by atomic mass is 10.1. The highest BCUT2D eigenvalue weighted by Gasteiger charge is 2.41. The number of nitrogens with zero attached hydrogens (tertiary/aromatic N) is 3. The second-order valence-electron chi connectivity index (χ2n) is 4.75. The van der Waals surface area contributed by atoms with Crippen LogP contribution >= 0.6 is 0 Å². The smallest absolute Gasteiger partial charge is 0.261 e. The first-order chi connectivity index (χ1) is 9.43. The monoisotopic (exact) mass is 277 g/mol. The van der Waals surface area contributed by atoms with Crippen LogP contribution in [-0.2, 0) is 9.53 Å². The third-order valence-electron chi connectivity index (χ3n) is 3.17. The molecule has 0 spiro atoms. The number of anilines is 1. The summed E-state index contributed by atoms with van der Waals surface area (Å²) in [6.45, 7) is 5.23. The van der Waals surface area contributed by atoms with Gasteiger partial charge in [-0.05, 0) is 6.92 Å². The molecule has 106 valence electrons. The van der Waals surface area contributed by atoms with Gasteiger partial charge in [-0.2, -0.15) is 5.26 Å². The number of hydrogen-bond acceptors (Lipinski definition) is 6. The van der Waals surface area contributed by atoms with Crippen molar-refractivity contribution in [3.05, 3.63) is 22.7 Å². The predicted octanol–water partition coefficient (Wildman–Crippen LogP) is 1.26. The summed E-state index contributed by atoms with van der Waals surface area (Å²) in [5, 5.41) is 23.1. The van der Waals surface area contributed by atoms with Crippen molar-refractivity contribution in [3.63, 3.8) is 0 Å². The summed E-state index contributed by atoms with van der Waals surface area (Å²) in [4.78, 5) is 13.2. The number of rotatable bonds is 3. The van der Waals surface area contributed by atoms with Crippen molar-refractivity contribution in [1.82, 2.24) is 5.16 Å². The summed E-state index contributed by atoms with van der Waals surface area (Å²) in [7, 11) is 1.37. The van der Waals surface area contributed by atoms with Gasteiger partial charge in [0.2, 0.25) is 0 Å². The van der Waals surface area contributed by atoms with Crippen molar-refractivity contribution in [3.8, 4) is 6.07 Å². The van der Waals surface area contributed by atoms with E-state index in [-0.39, 0.29) is 28.6 Å². The zero-order valence-corrected chi connectivity index (χ0v) is 11.7. The number of aliphatic hydroxyl groups excluding tert-OH is 1. The van der Waals surface area contributed by atoms with Crippen molar-refractivity contribution < 1.29 is 19.2 Å². The highest BCUT2D eigenvalue weighted by atomic mass is 16.5. The van der Waals surface area contributed by atoms with Gasteiger partial charge in [0, 0.05) is 5.92 Å². The average molecular weight is 277 g/mol. The van der Waals surface area contributed by atoms with Gasteiger partial charge in [0.1, 0.15) is 11.6 Å². The van der Waals surface area contributed by atoms with Crippen molar-refractivity contribution in [1.29, 1.82) is 5.26 Å². The van der Waals surface area contributed by atoms with Gasteiger partial charge in [0.05, 0.1) is 12.7 Å². The van der Waals surface area contributed by atoms with Gasteiger partial charge in [-0.1, -0.05) is 19.0 Å². The maximum atomic E-state index is 12.2. The number of carbonyl (C=O) groups excluding carboxylic acids is 1. The van der Waals surface area contributed by atoms with Gasteiger partial charge in [-0.25, -0.2) is 0 Å². The summed E-state index contributed by atoms with van der Waals surface area (Å²) < 4.78 is 10.1. The Kier molecular flexibility index (Phi) is 3.51. The topological polar surface area (TPSA) is 99.6 Å². The van der Waals surface area contributed by atoms with E-state index in [0.717, 1.165) is 4.90 Å². The van der Waals surface area contributed by atoms with E-state index in [9.17, 15) is 15.2 Å². The molecule has 0 saturated carbocycles. The number of amides is 1. The van der Waals surface area contributed by atoms with Crippen LogP contribution < -0.4 is 4.90 Å². The Hall–Kier alpha value is -2.33. The minimum Gasteiger partial charge on any atom is -0.496 e. The third-order valence-corrected chi connectivity index (χ3v) is 3.17. The number of aromatic nitrogens is 1. The molecule has 0 aromatic carbocycles. The van der Waals surface area contributed by atoms with Crippen LogP contribution in [0.3, 0.4) is 0 Å². The SMILES string of the molecule is COC1=C(C)C(=O)N(c2noc(C(C)C)c2C#N)C1O. The van der Waals surface area contributed by atoms with Gasteiger partial charge in [-0.15, -0.1) is 0 Å². The van der Waals surface area contributed by atoms with Crippen molar-refractivity contribution in [2.45, 2.75) is 32.9 Å². The first-order valence-corrected chi connectivity index (χ1v) is 6.10. The zero-order chi connectivity index (χ0) is 15.0. The minimum atomic E-state index is -1.30. The van der Waals surface area contributed by atoms with Crippen LogP contribution in [-0.4, -0.2) is 29.5 Å². The normalized spacial score (nSPS) is 18.9. The van der Waals surface area contributed by atoms with E-state index < -0.39 is 12.1 Å². The summed E-state index contributed by atoms with van der Waals surface area (Å²) in [6.07, 6.45) is -1.30. The minimum absolute atomic E-state index is 0.0140. The van der Waals surface area contributed by atoms with Crippen molar-refractivity contribution in [2.24, 2.45) is 0 Å². The van der Waals surface area contributed by atoms with Crippen LogP contribution in [0, 0.1) is 11.3 Å². The van der Waals surface area contributed by atoms with E-state index >= 15 is 0 Å². The van der Waals surface area contributed by atoms with E-state index in [2.05, 4.69) is 5.16 Å². The van der Waals surface area contributed by atoms with Gasteiger partial charge in [-0.3, -0.25) is 9.69 Å². The van der Waals surface area contributed by atoms with Crippen LogP contribution in [0.25, 0.3) is 0 Å². The fraction of sp³-hybridized carbons (Fsp3) is 0.462. The molecule has 0 radical (unpaired) electrons. The summed E-state index contributed by atoms with van der Waals surface area (Å²) >= 11 is 0. The molecular formula is C13H15N3O4. The Bertz CT molecular complexity index is 624. The molecule has 1 aliphatic heterocycles. The molecule has 7 heteroatoms. The maximum Gasteiger partial charge on any atom is 0.261 e. The van der Waals surface area contributed by atoms with Crippen molar-refractivity contribution >= 4 is 11.7 Å². The molecule has 0 fully saturated rings. The largest absolute Gasteiger partial charge is 0.496 e. The Morgan fingerprint density at radius 2 is 2.20 bits per heavy atom. The molecule has 2 heterocycles. The van der Waals surface area contributed by atoms with Gasteiger partial charge in [0.25, 0.3) is 5.91 Å². The van der Waals surface area contributed by atoms with E-state index in [1.807, 2.05) is 19.9 Å². The van der Waals surface area contributed by atoms with E-state index in [0.29, 0.717) is 5.76 Å². The molecule has 1 amide bonds. The fourth-order valence-corrected chi connectivity index (χ4v) is 2.14. The summed E-state index contributed by atoms with van der Waals surface area (Å²) in [5.41, 5.74) is 0.426. The fourth-order valence-electron chi connectivity index (χ4n) is 2.14. The second-order valence-corrected chi connectivity index (χ2v) is 4.75. The van der Waals surface area contributed by atoms with Crippen LogP contribution in [0.5, 0.6) is 0 Å². The molecule has 1 N–H and O–H groups in total. The molecule has 0 saturated heterocycles. The second kappa shape index (κ2) is 4.98. The van der Waals surface area contributed by atoms with Crippen LogP contribution in [0.2, 0.25) is 0 Å². The predicted molar refractivity (Wildman–Crippen MR) is 68.5 cm³/mol. The Morgan fingerprint density at radius 1 is 1.55 bits per heavy atom. The first kappa shape index (κ1) is 14.1. The van der Waals surface area contributed by atoms with Crippen molar-refractivity contribution in [2.75, 3.05) is 12.0 Å². The number of nitriles is 1. The third kappa shape index (κ3) is 1.85. The molecule has 1 aromatic rings. The number of ether oxygens (including phenoxy) is 1. The average Bonchev–Trinajstić information content (AvgIpc) is 2.90. The highest BCUT2D eigenvalue weighted by molar-refractivity contribution is 6.09. The van der Waals surface area contributed by atoms with E-state index in [1.165, 1.54) is 7.11 Å². The lowest BCUT2D eigenvalue weighted by Crippen LogP contribution is -2.36. The Balaban J connectivity index is 2.50. The van der Waals surface area contributed by atoms with Gasteiger partial charge >= 0.3 is 0 Å². The summed E-state index contributed by atoms with van der Waals surface area (Å²) in [5.74, 6) is 0.0188. The Labute approximate surface area is 116 Å². The van der Waals surface area contributed by atoms with Gasteiger partial charge < -0.3 is 14.4 Å². The molecule has 2 rings (SSSR count). The van der Waals surface area contributed by atoms with Crippen LogP contribution in [0.1, 0.15) is 38.0 Å². The quantitative estimate of drug-likeness (QED) is 0.892. The van der Waals surface area contributed by atoms with E-state index in [4.69, 9.17) is 9.26 Å². The highest BCUT2D eigenvalue weighted by Crippen LogP contribution is 2.34. The molecule has 20 heavy (non-hydrogen) atoms. The lowest BCUT2D eigenvalue weighted by Gasteiger charge is -2.19. The molecule has 1 unspecified atom stereocenters. The molecule has 0 bridgehead atoms. The first-order valence-electron chi connectivity index (χ1n) is 6.10. The zero-order valence-electron chi connectivity index (χ0n) is 11.7. The number of aliphatic hydroxyl groups is 1. The lowest BCUT2D eigenvalue weighted by molar-refractivity contribution is -0.115. The standard InChI is InChI=1S/C13H15N3O4/c1-6(2)9-8(5-14)11(15-20-9)16-12(17)7(3)10(19-4)13(16)18/h6,13,18H,1-4H3. The molecule has 7 nitrogen and oxygen atoms in total. The van der Waals surface area contributed by atoms with E-state index in [1.54, 1.807) is 6.92 Å². The molecule has 0 aliphatic carbocycles.